The third-order valence-electron chi connectivity index (χ3n) is 6.60. The summed E-state index contributed by atoms with van der Waals surface area (Å²) in [6.07, 6.45) is 7.26. The van der Waals surface area contributed by atoms with E-state index in [0.29, 0.717) is 17.8 Å². The summed E-state index contributed by atoms with van der Waals surface area (Å²) in [5.74, 6) is 1.64. The van der Waals surface area contributed by atoms with Crippen molar-refractivity contribution in [1.82, 2.24) is 24.6 Å². The first-order valence-electron chi connectivity index (χ1n) is 11.7. The maximum absolute atomic E-state index is 13.0. The van der Waals surface area contributed by atoms with Crippen LogP contribution in [0.4, 0.5) is 0 Å². The van der Waals surface area contributed by atoms with Crippen LogP contribution < -0.4 is 0 Å². The SMILES string of the molecule is CC1CCCC(C)N1C(=O)CSc1nnc(CN2CCCCC2)n1Cc1ccccc1. The quantitative estimate of drug-likeness (QED) is 0.603. The molecule has 0 saturated carbocycles. The summed E-state index contributed by atoms with van der Waals surface area (Å²) in [6, 6.07) is 11.1. The molecular formula is C24H35N5OS. The summed E-state index contributed by atoms with van der Waals surface area (Å²) in [5.41, 5.74) is 1.23. The van der Waals surface area contributed by atoms with E-state index < -0.39 is 0 Å². The van der Waals surface area contributed by atoms with Crippen LogP contribution in [0, 0.1) is 0 Å². The van der Waals surface area contributed by atoms with Crippen molar-refractivity contribution in [2.24, 2.45) is 0 Å². The van der Waals surface area contributed by atoms with E-state index in [1.165, 1.54) is 43.0 Å². The number of hydrogen-bond acceptors (Lipinski definition) is 5. The first kappa shape index (κ1) is 22.3. The predicted octanol–water partition coefficient (Wildman–Crippen LogP) is 4.19. The summed E-state index contributed by atoms with van der Waals surface area (Å²) in [4.78, 5) is 17.6. The molecule has 3 heterocycles. The first-order valence-corrected chi connectivity index (χ1v) is 12.7. The third-order valence-corrected chi connectivity index (χ3v) is 7.55. The average Bonchev–Trinajstić information content (AvgIpc) is 3.14. The molecule has 7 heteroatoms. The molecule has 1 aromatic heterocycles. The molecule has 2 saturated heterocycles. The molecule has 2 aromatic rings. The highest BCUT2D eigenvalue weighted by Gasteiger charge is 2.29. The number of piperidine rings is 2. The van der Waals surface area contributed by atoms with Gasteiger partial charge in [0.1, 0.15) is 5.82 Å². The summed E-state index contributed by atoms with van der Waals surface area (Å²) >= 11 is 1.53. The number of thioether (sulfide) groups is 1. The van der Waals surface area contributed by atoms with Gasteiger partial charge in [-0.1, -0.05) is 48.5 Å². The summed E-state index contributed by atoms with van der Waals surface area (Å²) in [6.45, 7) is 8.17. The zero-order chi connectivity index (χ0) is 21.6. The topological polar surface area (TPSA) is 54.3 Å². The van der Waals surface area contributed by atoms with Crippen molar-refractivity contribution < 1.29 is 4.79 Å². The molecule has 2 aliphatic heterocycles. The Kier molecular flexibility index (Phi) is 7.67. The molecule has 2 aliphatic rings. The lowest BCUT2D eigenvalue weighted by atomic mass is 9.98. The lowest BCUT2D eigenvalue weighted by Gasteiger charge is -2.39. The Hall–Kier alpha value is -1.86. The minimum atomic E-state index is 0.219. The van der Waals surface area contributed by atoms with Gasteiger partial charge < -0.3 is 9.47 Å². The van der Waals surface area contributed by atoms with Crippen molar-refractivity contribution in [2.45, 2.75) is 82.7 Å². The molecule has 4 rings (SSSR count). The van der Waals surface area contributed by atoms with Gasteiger partial charge in [0.25, 0.3) is 0 Å². The molecule has 6 nitrogen and oxygen atoms in total. The standard InChI is InChI=1S/C24H35N5OS/c1-19-10-9-11-20(2)29(19)23(30)18-31-24-26-25-22(17-27-14-7-4-8-15-27)28(24)16-21-12-5-3-6-13-21/h3,5-6,12-13,19-20H,4,7-11,14-18H2,1-2H3. The third kappa shape index (κ3) is 5.69. The second kappa shape index (κ2) is 10.6. The van der Waals surface area contributed by atoms with Crippen molar-refractivity contribution in [3.05, 3.63) is 41.7 Å². The van der Waals surface area contributed by atoms with Crippen LogP contribution in [-0.2, 0) is 17.9 Å². The molecule has 0 radical (unpaired) electrons. The van der Waals surface area contributed by atoms with E-state index in [0.717, 1.165) is 50.0 Å². The van der Waals surface area contributed by atoms with Gasteiger partial charge >= 0.3 is 0 Å². The van der Waals surface area contributed by atoms with Crippen molar-refractivity contribution in [1.29, 1.82) is 0 Å². The minimum Gasteiger partial charge on any atom is -0.337 e. The fourth-order valence-electron chi connectivity index (χ4n) is 4.90. The summed E-state index contributed by atoms with van der Waals surface area (Å²) in [7, 11) is 0. The van der Waals surface area contributed by atoms with Crippen LogP contribution in [0.2, 0.25) is 0 Å². The largest absolute Gasteiger partial charge is 0.337 e. The second-order valence-electron chi connectivity index (χ2n) is 9.03. The lowest BCUT2D eigenvalue weighted by Crippen LogP contribution is -2.48. The van der Waals surface area contributed by atoms with Crippen molar-refractivity contribution in [2.75, 3.05) is 18.8 Å². The van der Waals surface area contributed by atoms with E-state index in [4.69, 9.17) is 0 Å². The Morgan fingerprint density at radius 2 is 1.68 bits per heavy atom. The highest BCUT2D eigenvalue weighted by atomic mass is 32.2. The lowest BCUT2D eigenvalue weighted by molar-refractivity contribution is -0.134. The number of rotatable bonds is 7. The Bertz CT molecular complexity index is 839. The first-order chi connectivity index (χ1) is 15.1. The molecule has 168 valence electrons. The Balaban J connectivity index is 1.48. The molecule has 2 atom stereocenters. The van der Waals surface area contributed by atoms with E-state index in [9.17, 15) is 4.79 Å². The highest BCUT2D eigenvalue weighted by molar-refractivity contribution is 7.99. The van der Waals surface area contributed by atoms with Gasteiger partial charge in [-0.25, -0.2) is 0 Å². The van der Waals surface area contributed by atoms with Crippen LogP contribution in [0.15, 0.2) is 35.5 Å². The number of amides is 1. The van der Waals surface area contributed by atoms with Crippen molar-refractivity contribution in [3.8, 4) is 0 Å². The second-order valence-corrected chi connectivity index (χ2v) is 9.97. The molecule has 2 unspecified atom stereocenters. The van der Waals surface area contributed by atoms with Crippen LogP contribution in [-0.4, -0.2) is 61.4 Å². The predicted molar refractivity (Wildman–Crippen MR) is 125 cm³/mol. The number of aromatic nitrogens is 3. The maximum atomic E-state index is 13.0. The van der Waals surface area contributed by atoms with Gasteiger partial charge in [-0.2, -0.15) is 0 Å². The van der Waals surface area contributed by atoms with Gasteiger partial charge in [0.05, 0.1) is 18.8 Å². The number of benzene rings is 1. The Morgan fingerprint density at radius 1 is 0.968 bits per heavy atom. The molecule has 1 amide bonds. The molecular weight excluding hydrogens is 406 g/mol. The molecule has 31 heavy (non-hydrogen) atoms. The molecule has 0 N–H and O–H groups in total. The van der Waals surface area contributed by atoms with Crippen molar-refractivity contribution in [3.63, 3.8) is 0 Å². The number of carbonyl (C=O) groups is 1. The van der Waals surface area contributed by atoms with E-state index in [-0.39, 0.29) is 5.91 Å². The smallest absolute Gasteiger partial charge is 0.233 e. The minimum absolute atomic E-state index is 0.219. The molecule has 0 bridgehead atoms. The van der Waals surface area contributed by atoms with Gasteiger partial charge in [0, 0.05) is 12.1 Å². The number of carbonyl (C=O) groups excluding carboxylic acids is 1. The van der Waals surface area contributed by atoms with E-state index in [1.54, 1.807) is 0 Å². The fourth-order valence-corrected chi connectivity index (χ4v) is 5.72. The van der Waals surface area contributed by atoms with Gasteiger partial charge in [0.15, 0.2) is 5.16 Å². The normalized spacial score (nSPS) is 22.6. The van der Waals surface area contributed by atoms with Gasteiger partial charge in [0.2, 0.25) is 5.91 Å². The molecule has 0 aliphatic carbocycles. The van der Waals surface area contributed by atoms with Crippen molar-refractivity contribution >= 4 is 17.7 Å². The summed E-state index contributed by atoms with van der Waals surface area (Å²) < 4.78 is 2.21. The van der Waals surface area contributed by atoms with Crippen LogP contribution in [0.1, 0.15) is 63.8 Å². The van der Waals surface area contributed by atoms with E-state index in [1.807, 2.05) is 6.07 Å². The van der Waals surface area contributed by atoms with Crippen LogP contribution in [0.3, 0.4) is 0 Å². The van der Waals surface area contributed by atoms with Crippen LogP contribution in [0.25, 0.3) is 0 Å². The molecule has 1 aromatic carbocycles. The Morgan fingerprint density at radius 3 is 2.39 bits per heavy atom. The van der Waals surface area contributed by atoms with Crippen LogP contribution in [0.5, 0.6) is 0 Å². The zero-order valence-corrected chi connectivity index (χ0v) is 19.7. The maximum Gasteiger partial charge on any atom is 0.233 e. The number of nitrogens with zero attached hydrogens (tertiary/aromatic N) is 5. The van der Waals surface area contributed by atoms with E-state index in [2.05, 4.69) is 62.7 Å². The number of hydrogen-bond donors (Lipinski definition) is 0. The van der Waals surface area contributed by atoms with Crippen LogP contribution >= 0.6 is 11.8 Å². The van der Waals surface area contributed by atoms with Gasteiger partial charge in [-0.05, 0) is 64.6 Å². The van der Waals surface area contributed by atoms with E-state index >= 15 is 0 Å². The average molecular weight is 442 g/mol. The monoisotopic (exact) mass is 441 g/mol. The molecule has 2 fully saturated rings. The van der Waals surface area contributed by atoms with Gasteiger partial charge in [-0.15, -0.1) is 10.2 Å². The highest BCUT2D eigenvalue weighted by Crippen LogP contribution is 2.26. The Labute approximate surface area is 190 Å². The summed E-state index contributed by atoms with van der Waals surface area (Å²) in [5, 5.41) is 9.91. The zero-order valence-electron chi connectivity index (χ0n) is 18.9. The molecule has 0 spiro atoms. The fraction of sp³-hybridized carbons (Fsp3) is 0.625. The number of likely N-dealkylation sites (tertiary alicyclic amines) is 2. The van der Waals surface area contributed by atoms with Gasteiger partial charge in [-0.3, -0.25) is 9.69 Å².